The van der Waals surface area contributed by atoms with Gasteiger partial charge in [-0.1, -0.05) is 19.6 Å². The van der Waals surface area contributed by atoms with Gasteiger partial charge in [-0.2, -0.15) is 5.10 Å². The summed E-state index contributed by atoms with van der Waals surface area (Å²) in [6.07, 6.45) is 1.71. The van der Waals surface area contributed by atoms with Crippen LogP contribution in [0.4, 0.5) is 4.39 Å². The number of ether oxygens (including phenoxy) is 3. The van der Waals surface area contributed by atoms with E-state index in [1.807, 2.05) is 0 Å². The fourth-order valence-corrected chi connectivity index (χ4v) is 5.43. The fourth-order valence-electron chi connectivity index (χ4n) is 4.67. The Kier molecular flexibility index (Phi) is 7.76. The van der Waals surface area contributed by atoms with Gasteiger partial charge in [0.05, 0.1) is 50.2 Å². The van der Waals surface area contributed by atoms with Crippen molar-refractivity contribution in [2.75, 3.05) is 26.9 Å². The number of aliphatic carboxylic acids is 1. The molecule has 2 fully saturated rings. The van der Waals surface area contributed by atoms with Gasteiger partial charge in [0.1, 0.15) is 6.73 Å². The number of aromatic nitrogens is 3. The summed E-state index contributed by atoms with van der Waals surface area (Å²) in [6.45, 7) is 7.88. The molecule has 4 heterocycles. The summed E-state index contributed by atoms with van der Waals surface area (Å²) in [7, 11) is 0.131. The molecule has 0 aromatic carbocycles. The Morgan fingerprint density at radius 3 is 2.53 bits per heavy atom. The molecule has 10 nitrogen and oxygen atoms in total. The zero-order valence-electron chi connectivity index (χ0n) is 21.1. The van der Waals surface area contributed by atoms with E-state index in [9.17, 15) is 19.1 Å². The van der Waals surface area contributed by atoms with Crippen molar-refractivity contribution in [3.8, 4) is 17.1 Å². The van der Waals surface area contributed by atoms with E-state index in [-0.39, 0.29) is 55.1 Å². The molecule has 36 heavy (non-hydrogen) atoms. The van der Waals surface area contributed by atoms with Gasteiger partial charge in [-0.15, -0.1) is 0 Å². The lowest BCUT2D eigenvalue weighted by molar-refractivity contribution is -0.148. The summed E-state index contributed by atoms with van der Waals surface area (Å²) in [4.78, 5) is 30.8. The van der Waals surface area contributed by atoms with Crippen molar-refractivity contribution in [2.45, 2.75) is 57.3 Å². The maximum atomic E-state index is 14.8. The number of nitrogens with zero attached hydrogens (tertiary/aromatic N) is 4. The molecular formula is C24H33FN4O6Si. The lowest BCUT2D eigenvalue weighted by Gasteiger charge is -2.47. The first kappa shape index (κ1) is 26.2. The van der Waals surface area contributed by atoms with Gasteiger partial charge in [0.15, 0.2) is 11.5 Å². The summed E-state index contributed by atoms with van der Waals surface area (Å²) in [6, 6.07) is 3.24. The number of hydrogen-bond donors (Lipinski definition) is 1. The molecule has 2 saturated heterocycles. The van der Waals surface area contributed by atoms with Gasteiger partial charge < -0.3 is 24.2 Å². The van der Waals surface area contributed by atoms with Gasteiger partial charge in [-0.05, 0) is 25.0 Å². The number of piperidine rings is 1. The van der Waals surface area contributed by atoms with Crippen LogP contribution in [0, 0.1) is 11.7 Å². The van der Waals surface area contributed by atoms with Crippen molar-refractivity contribution < 1.29 is 33.3 Å². The molecule has 0 aliphatic carbocycles. The highest BCUT2D eigenvalue weighted by Gasteiger charge is 2.44. The van der Waals surface area contributed by atoms with E-state index in [4.69, 9.17) is 14.2 Å². The van der Waals surface area contributed by atoms with E-state index >= 15 is 0 Å². The Hall–Kier alpha value is -2.83. The molecule has 2 bridgehead atoms. The summed E-state index contributed by atoms with van der Waals surface area (Å²) in [5, 5.41) is 14.0. The highest BCUT2D eigenvalue weighted by Crippen LogP contribution is 2.34. The highest BCUT2D eigenvalue weighted by atomic mass is 28.3. The summed E-state index contributed by atoms with van der Waals surface area (Å²) in [5.41, 5.74) is 0.696. The standard InChI is InChI=1S/C24H33FN4O6Si/c1-33-22-9-18(19(25)11-26-22)21-10-20(27-28(21)14-34-5-6-36(2,3)4)23(30)29-16-7-15(24(31)32)8-17(29)13-35-12-16/h9-11,15-17H,5-8,12-14H2,1-4H3,(H,31,32). The third-order valence-corrected chi connectivity index (χ3v) is 8.33. The second kappa shape index (κ2) is 10.6. The predicted molar refractivity (Wildman–Crippen MR) is 131 cm³/mol. The van der Waals surface area contributed by atoms with Crippen LogP contribution in [0.25, 0.3) is 11.3 Å². The van der Waals surface area contributed by atoms with Crippen LogP contribution in [0.3, 0.4) is 0 Å². The number of pyridine rings is 1. The average Bonchev–Trinajstić information content (AvgIpc) is 3.24. The number of methoxy groups -OCH3 is 1. The molecule has 2 aliphatic rings. The van der Waals surface area contributed by atoms with E-state index in [1.54, 1.807) is 11.0 Å². The first-order valence-electron chi connectivity index (χ1n) is 12.1. The molecule has 0 spiro atoms. The normalized spacial score (nSPS) is 21.9. The van der Waals surface area contributed by atoms with Crippen LogP contribution < -0.4 is 4.74 Å². The van der Waals surface area contributed by atoms with E-state index in [2.05, 4.69) is 29.7 Å². The summed E-state index contributed by atoms with van der Waals surface area (Å²) >= 11 is 0. The molecule has 12 heteroatoms. The summed E-state index contributed by atoms with van der Waals surface area (Å²) < 4.78 is 32.9. The number of carbonyl (C=O) groups is 2. The first-order valence-corrected chi connectivity index (χ1v) is 15.8. The lowest BCUT2D eigenvalue weighted by Crippen LogP contribution is -2.59. The van der Waals surface area contributed by atoms with Crippen molar-refractivity contribution in [2.24, 2.45) is 5.92 Å². The third-order valence-electron chi connectivity index (χ3n) is 6.63. The molecule has 2 unspecified atom stereocenters. The van der Waals surface area contributed by atoms with Gasteiger partial charge >= 0.3 is 5.97 Å². The van der Waals surface area contributed by atoms with Gasteiger partial charge in [0.2, 0.25) is 5.88 Å². The third kappa shape index (κ3) is 5.76. The number of carboxylic acids is 1. The Morgan fingerprint density at radius 1 is 1.22 bits per heavy atom. The topological polar surface area (TPSA) is 116 Å². The Balaban J connectivity index is 1.64. The fraction of sp³-hybridized carbons (Fsp3) is 0.583. The van der Waals surface area contributed by atoms with Gasteiger partial charge in [-0.3, -0.25) is 9.59 Å². The summed E-state index contributed by atoms with van der Waals surface area (Å²) in [5.74, 6) is -2.05. The number of rotatable bonds is 9. The minimum atomic E-state index is -1.31. The lowest BCUT2D eigenvalue weighted by atomic mass is 9.85. The molecular weight excluding hydrogens is 487 g/mol. The SMILES string of the molecule is COc1cc(-c2cc(C(=O)N3C4COCC3CC(C(=O)O)C4)nn2COCC[Si](C)(C)C)c(F)cn1. The second-order valence-electron chi connectivity index (χ2n) is 10.5. The molecule has 2 atom stereocenters. The van der Waals surface area contributed by atoms with Crippen LogP contribution in [0.2, 0.25) is 25.7 Å². The first-order chi connectivity index (χ1) is 17.1. The zero-order chi connectivity index (χ0) is 26.0. The van der Waals surface area contributed by atoms with Crippen LogP contribution in [0.5, 0.6) is 5.88 Å². The minimum absolute atomic E-state index is 0.0498. The van der Waals surface area contributed by atoms with Crippen molar-refractivity contribution in [3.63, 3.8) is 0 Å². The zero-order valence-corrected chi connectivity index (χ0v) is 22.1. The van der Waals surface area contributed by atoms with E-state index < -0.39 is 25.8 Å². The van der Waals surface area contributed by atoms with Gasteiger partial charge in [0.25, 0.3) is 5.91 Å². The van der Waals surface area contributed by atoms with Crippen molar-refractivity contribution >= 4 is 20.0 Å². The van der Waals surface area contributed by atoms with Crippen LogP contribution in [-0.2, 0) is 21.0 Å². The molecule has 0 saturated carbocycles. The maximum absolute atomic E-state index is 14.8. The molecule has 1 amide bonds. The van der Waals surface area contributed by atoms with Gasteiger partial charge in [0, 0.05) is 26.3 Å². The van der Waals surface area contributed by atoms with Crippen LogP contribution in [0.1, 0.15) is 23.3 Å². The molecule has 196 valence electrons. The number of fused-ring (bicyclic) bond motifs is 2. The van der Waals surface area contributed by atoms with Crippen molar-refractivity contribution in [3.05, 3.63) is 29.8 Å². The van der Waals surface area contributed by atoms with Crippen molar-refractivity contribution in [1.82, 2.24) is 19.7 Å². The molecule has 1 N–H and O–H groups in total. The monoisotopic (exact) mass is 520 g/mol. The van der Waals surface area contributed by atoms with Crippen LogP contribution in [0.15, 0.2) is 18.3 Å². The predicted octanol–water partition coefficient (Wildman–Crippen LogP) is 3.11. The highest BCUT2D eigenvalue weighted by molar-refractivity contribution is 6.76. The Labute approximate surface area is 210 Å². The molecule has 2 aromatic rings. The minimum Gasteiger partial charge on any atom is -0.481 e. The van der Waals surface area contributed by atoms with E-state index in [1.165, 1.54) is 17.9 Å². The molecule has 4 rings (SSSR count). The number of halogens is 1. The number of morpholine rings is 1. The maximum Gasteiger partial charge on any atom is 0.306 e. The Morgan fingerprint density at radius 2 is 1.92 bits per heavy atom. The molecule has 2 aromatic heterocycles. The number of hydrogen-bond acceptors (Lipinski definition) is 7. The quantitative estimate of drug-likeness (QED) is 0.396. The number of amides is 1. The Bertz CT molecular complexity index is 1110. The number of carboxylic acid groups (broad SMARTS) is 1. The van der Waals surface area contributed by atoms with E-state index in [0.29, 0.717) is 25.1 Å². The molecule has 0 radical (unpaired) electrons. The number of carbonyl (C=O) groups excluding carboxylic acids is 1. The molecule has 2 aliphatic heterocycles. The van der Waals surface area contributed by atoms with Crippen LogP contribution in [-0.4, -0.2) is 83.7 Å². The largest absolute Gasteiger partial charge is 0.481 e. The smallest absolute Gasteiger partial charge is 0.306 e. The van der Waals surface area contributed by atoms with E-state index in [0.717, 1.165) is 12.2 Å². The van der Waals surface area contributed by atoms with Crippen molar-refractivity contribution in [1.29, 1.82) is 0 Å². The van der Waals surface area contributed by atoms with Gasteiger partial charge in [-0.25, -0.2) is 14.1 Å². The second-order valence-corrected chi connectivity index (χ2v) is 16.2. The average molecular weight is 521 g/mol. The van der Waals surface area contributed by atoms with Crippen LogP contribution >= 0.6 is 0 Å².